The Morgan fingerprint density at radius 2 is 1.86 bits per heavy atom. The number of ether oxygens (including phenoxy) is 1. The lowest BCUT2D eigenvalue weighted by Gasteiger charge is -2.32. The second-order valence-electron chi connectivity index (χ2n) is 7.88. The largest absolute Gasteiger partial charge is 0.483 e. The van der Waals surface area contributed by atoms with Crippen molar-refractivity contribution >= 4 is 5.91 Å². The monoisotopic (exact) mass is 398 g/mol. The fourth-order valence-electron chi connectivity index (χ4n) is 3.74. The molecule has 0 bridgehead atoms. The summed E-state index contributed by atoms with van der Waals surface area (Å²) in [4.78, 5) is 14.7. The van der Waals surface area contributed by atoms with Gasteiger partial charge in [0.2, 0.25) is 0 Å². The minimum absolute atomic E-state index is 0.0449. The number of nitrogens with zero attached hydrogens (tertiary/aromatic N) is 1. The van der Waals surface area contributed by atoms with E-state index in [1.807, 2.05) is 30.3 Å². The summed E-state index contributed by atoms with van der Waals surface area (Å²) >= 11 is 0. The van der Waals surface area contributed by atoms with E-state index < -0.39 is 0 Å². The van der Waals surface area contributed by atoms with Crippen LogP contribution in [0.3, 0.4) is 0 Å². The van der Waals surface area contributed by atoms with Crippen molar-refractivity contribution in [3.63, 3.8) is 0 Å². The number of likely N-dealkylation sites (tertiary alicyclic amines) is 1. The van der Waals surface area contributed by atoms with E-state index >= 15 is 0 Å². The predicted molar refractivity (Wildman–Crippen MR) is 113 cm³/mol. The van der Waals surface area contributed by atoms with Gasteiger partial charge in [0, 0.05) is 25.7 Å². The summed E-state index contributed by atoms with van der Waals surface area (Å²) in [7, 11) is 0. The molecule has 1 heterocycles. The number of hydrogen-bond donors (Lipinski definition) is 1. The second kappa shape index (κ2) is 10.4. The molecule has 1 atom stereocenters. The fraction of sp³-hybridized carbons (Fsp3) is 0.458. The molecular weight excluding hydrogens is 367 g/mol. The molecule has 3 rings (SSSR count). The van der Waals surface area contributed by atoms with Crippen LogP contribution in [0.15, 0.2) is 48.5 Å². The lowest BCUT2D eigenvalue weighted by molar-refractivity contribution is -0.124. The molecule has 1 unspecified atom stereocenters. The van der Waals surface area contributed by atoms with Gasteiger partial charge in [-0.3, -0.25) is 9.69 Å². The number of piperidine rings is 1. The van der Waals surface area contributed by atoms with Crippen molar-refractivity contribution in [1.82, 2.24) is 10.2 Å². The average Bonchev–Trinajstić information content (AvgIpc) is 2.75. The van der Waals surface area contributed by atoms with Crippen molar-refractivity contribution in [2.24, 2.45) is 0 Å². The van der Waals surface area contributed by atoms with Gasteiger partial charge in [-0.1, -0.05) is 44.2 Å². The van der Waals surface area contributed by atoms with Gasteiger partial charge in [-0.2, -0.15) is 0 Å². The lowest BCUT2D eigenvalue weighted by Crippen LogP contribution is -2.45. The summed E-state index contributed by atoms with van der Waals surface area (Å²) < 4.78 is 18.8. The molecule has 0 saturated carbocycles. The van der Waals surface area contributed by atoms with Crippen LogP contribution in [0.1, 0.15) is 50.2 Å². The van der Waals surface area contributed by atoms with E-state index in [4.69, 9.17) is 4.74 Å². The maximum absolute atomic E-state index is 13.0. The number of carbonyl (C=O) groups excluding carboxylic acids is 1. The Bertz CT molecular complexity index is 786. The van der Waals surface area contributed by atoms with Crippen LogP contribution in [0.5, 0.6) is 5.75 Å². The number of carbonyl (C=O) groups is 1. The van der Waals surface area contributed by atoms with Crippen molar-refractivity contribution in [1.29, 1.82) is 0 Å². The van der Waals surface area contributed by atoms with Crippen molar-refractivity contribution in [3.8, 4) is 5.75 Å². The number of hydrogen-bond acceptors (Lipinski definition) is 3. The topological polar surface area (TPSA) is 41.6 Å². The number of benzene rings is 2. The van der Waals surface area contributed by atoms with Gasteiger partial charge in [0.05, 0.1) is 0 Å². The van der Waals surface area contributed by atoms with Gasteiger partial charge in [-0.15, -0.1) is 0 Å². The van der Waals surface area contributed by atoms with Gasteiger partial charge in [0.1, 0.15) is 11.6 Å². The molecular formula is C24H31FN2O2. The minimum Gasteiger partial charge on any atom is -0.483 e. The van der Waals surface area contributed by atoms with Crippen molar-refractivity contribution in [3.05, 3.63) is 65.5 Å². The molecule has 1 fully saturated rings. The highest BCUT2D eigenvalue weighted by atomic mass is 19.1. The number of halogens is 1. The van der Waals surface area contributed by atoms with E-state index in [-0.39, 0.29) is 24.4 Å². The minimum atomic E-state index is -0.204. The normalized spacial score (nSPS) is 16.4. The smallest absolute Gasteiger partial charge is 0.258 e. The first-order valence-electron chi connectivity index (χ1n) is 10.5. The van der Waals surface area contributed by atoms with E-state index in [0.717, 1.165) is 55.8 Å². The van der Waals surface area contributed by atoms with Gasteiger partial charge >= 0.3 is 0 Å². The van der Waals surface area contributed by atoms with Crippen molar-refractivity contribution in [2.75, 3.05) is 19.7 Å². The molecule has 1 N–H and O–H groups in total. The third-order valence-corrected chi connectivity index (χ3v) is 5.69. The third-order valence-electron chi connectivity index (χ3n) is 5.69. The maximum Gasteiger partial charge on any atom is 0.258 e. The van der Waals surface area contributed by atoms with Gasteiger partial charge in [0.15, 0.2) is 6.61 Å². The van der Waals surface area contributed by atoms with E-state index in [1.165, 1.54) is 12.1 Å². The number of rotatable bonds is 8. The molecule has 0 spiro atoms. The zero-order valence-electron chi connectivity index (χ0n) is 17.4. The highest BCUT2D eigenvalue weighted by Crippen LogP contribution is 2.28. The van der Waals surface area contributed by atoms with E-state index in [2.05, 4.69) is 30.1 Å². The Labute approximate surface area is 173 Å². The Morgan fingerprint density at radius 3 is 2.55 bits per heavy atom. The summed E-state index contributed by atoms with van der Waals surface area (Å²) in [5, 5.41) is 3.10. The summed E-state index contributed by atoms with van der Waals surface area (Å²) in [6.07, 6.45) is 2.86. The molecule has 0 aliphatic carbocycles. The molecule has 0 aromatic heterocycles. The Balaban J connectivity index is 1.41. The van der Waals surface area contributed by atoms with Gasteiger partial charge in [-0.25, -0.2) is 4.39 Å². The van der Waals surface area contributed by atoms with E-state index in [0.29, 0.717) is 5.92 Å². The summed E-state index contributed by atoms with van der Waals surface area (Å²) in [6.45, 7) is 7.01. The van der Waals surface area contributed by atoms with Crippen LogP contribution in [0.2, 0.25) is 0 Å². The van der Waals surface area contributed by atoms with Crippen molar-refractivity contribution < 1.29 is 13.9 Å². The maximum atomic E-state index is 13.0. The summed E-state index contributed by atoms with van der Waals surface area (Å²) in [6, 6.07) is 14.8. The first-order chi connectivity index (χ1) is 14.0. The number of para-hydroxylation sites is 1. The molecule has 29 heavy (non-hydrogen) atoms. The zero-order chi connectivity index (χ0) is 20.6. The molecule has 2 aromatic rings. The first kappa shape index (κ1) is 21.3. The van der Waals surface area contributed by atoms with Crippen LogP contribution < -0.4 is 10.1 Å². The van der Waals surface area contributed by atoms with Gasteiger partial charge < -0.3 is 10.1 Å². The Morgan fingerprint density at radius 1 is 1.17 bits per heavy atom. The molecule has 1 amide bonds. The summed E-state index contributed by atoms with van der Waals surface area (Å²) in [5.74, 6) is 0.927. The second-order valence-corrected chi connectivity index (χ2v) is 7.88. The molecule has 0 radical (unpaired) electrons. The highest BCUT2D eigenvalue weighted by molar-refractivity contribution is 5.77. The fourth-order valence-corrected chi connectivity index (χ4v) is 3.74. The molecule has 2 aromatic carbocycles. The lowest BCUT2D eigenvalue weighted by atomic mass is 9.98. The first-order valence-corrected chi connectivity index (χ1v) is 10.5. The van der Waals surface area contributed by atoms with Gasteiger partial charge in [0.25, 0.3) is 5.91 Å². The van der Waals surface area contributed by atoms with Crippen LogP contribution >= 0.6 is 0 Å². The quantitative estimate of drug-likeness (QED) is 0.712. The van der Waals surface area contributed by atoms with Crippen LogP contribution in [0.25, 0.3) is 0 Å². The summed E-state index contributed by atoms with van der Waals surface area (Å²) in [5.41, 5.74) is 2.26. The Kier molecular flexibility index (Phi) is 7.64. The van der Waals surface area contributed by atoms with Crippen LogP contribution in [0, 0.1) is 5.82 Å². The highest BCUT2D eigenvalue weighted by Gasteiger charge is 2.21. The third kappa shape index (κ3) is 6.29. The molecule has 1 aliphatic heterocycles. The van der Waals surface area contributed by atoms with Crippen LogP contribution in [0.4, 0.5) is 4.39 Å². The molecule has 1 aliphatic rings. The van der Waals surface area contributed by atoms with Gasteiger partial charge in [-0.05, 0) is 54.5 Å². The van der Waals surface area contributed by atoms with E-state index in [1.54, 1.807) is 0 Å². The standard InChI is InChI=1S/C24H31FN2O2/c1-3-18(2)22-6-4-5-7-23(22)29-17-24(28)26-21-12-14-27(15-13-21)16-19-8-10-20(25)11-9-19/h4-11,18,21H,3,12-17H2,1-2H3,(H,26,28). The molecule has 5 heteroatoms. The molecule has 4 nitrogen and oxygen atoms in total. The predicted octanol–water partition coefficient (Wildman–Crippen LogP) is 4.50. The van der Waals surface area contributed by atoms with Crippen LogP contribution in [-0.4, -0.2) is 36.5 Å². The Hall–Kier alpha value is -2.40. The van der Waals surface area contributed by atoms with E-state index in [9.17, 15) is 9.18 Å². The SMILES string of the molecule is CCC(C)c1ccccc1OCC(=O)NC1CCN(Cc2ccc(F)cc2)CC1. The number of nitrogens with one attached hydrogen (secondary N) is 1. The van der Waals surface area contributed by atoms with Crippen molar-refractivity contribution in [2.45, 2.75) is 51.6 Å². The number of amides is 1. The molecule has 1 saturated heterocycles. The zero-order valence-corrected chi connectivity index (χ0v) is 17.4. The van der Waals surface area contributed by atoms with Crippen LogP contribution in [-0.2, 0) is 11.3 Å². The average molecular weight is 399 g/mol. The molecule has 156 valence electrons.